The Morgan fingerprint density at radius 2 is 1.95 bits per heavy atom. The van der Waals surface area contributed by atoms with E-state index in [-0.39, 0.29) is 17.7 Å². The van der Waals surface area contributed by atoms with Gasteiger partial charge in [0.25, 0.3) is 0 Å². The molecule has 2 aliphatic heterocycles. The maximum atomic E-state index is 12.1. The van der Waals surface area contributed by atoms with E-state index in [0.717, 1.165) is 25.9 Å². The zero-order valence-electron chi connectivity index (χ0n) is 11.6. The highest BCUT2D eigenvalue weighted by Crippen LogP contribution is 2.22. The average Bonchev–Trinajstić information content (AvgIpc) is 2.77. The van der Waals surface area contributed by atoms with Crippen molar-refractivity contribution in [2.45, 2.75) is 19.3 Å². The Morgan fingerprint density at radius 1 is 1.20 bits per heavy atom. The van der Waals surface area contributed by atoms with Gasteiger partial charge in [0.15, 0.2) is 0 Å². The first-order valence-corrected chi connectivity index (χ1v) is 7.34. The molecule has 1 aromatic rings. The van der Waals surface area contributed by atoms with E-state index in [4.69, 9.17) is 0 Å². The first-order chi connectivity index (χ1) is 9.74. The number of likely N-dealkylation sites (tertiary alicyclic amines) is 2. The van der Waals surface area contributed by atoms with E-state index in [2.05, 4.69) is 12.1 Å². The molecule has 0 spiro atoms. The van der Waals surface area contributed by atoms with Gasteiger partial charge in [0, 0.05) is 32.6 Å². The topological polar surface area (TPSA) is 40.6 Å². The van der Waals surface area contributed by atoms with Crippen LogP contribution in [-0.4, -0.2) is 47.8 Å². The van der Waals surface area contributed by atoms with Crippen molar-refractivity contribution < 1.29 is 9.59 Å². The van der Waals surface area contributed by atoms with Crippen molar-refractivity contribution in [1.82, 2.24) is 9.80 Å². The minimum atomic E-state index is -0.112. The highest BCUT2D eigenvalue weighted by molar-refractivity contribution is 5.89. The quantitative estimate of drug-likeness (QED) is 0.829. The Bertz CT molecular complexity index is 496. The zero-order valence-corrected chi connectivity index (χ0v) is 11.6. The van der Waals surface area contributed by atoms with Crippen molar-refractivity contribution in [3.05, 3.63) is 35.9 Å². The third-order valence-electron chi connectivity index (χ3n) is 4.24. The molecule has 0 saturated carbocycles. The molecule has 106 valence electrons. The maximum absolute atomic E-state index is 12.1. The van der Waals surface area contributed by atoms with Crippen LogP contribution < -0.4 is 0 Å². The molecule has 2 amide bonds. The summed E-state index contributed by atoms with van der Waals surface area (Å²) in [6, 6.07) is 10.2. The number of hydrogen-bond donors (Lipinski definition) is 0. The number of amides is 2. The van der Waals surface area contributed by atoms with Gasteiger partial charge < -0.3 is 9.80 Å². The van der Waals surface area contributed by atoms with Gasteiger partial charge in [-0.15, -0.1) is 0 Å². The Kier molecular flexibility index (Phi) is 3.72. The summed E-state index contributed by atoms with van der Waals surface area (Å²) in [5.41, 5.74) is 1.23. The molecule has 0 radical (unpaired) electrons. The van der Waals surface area contributed by atoms with Crippen LogP contribution in [0.4, 0.5) is 0 Å². The molecule has 1 aromatic carbocycles. The highest BCUT2D eigenvalue weighted by Gasteiger charge is 2.37. The second-order valence-electron chi connectivity index (χ2n) is 5.66. The van der Waals surface area contributed by atoms with Gasteiger partial charge in [-0.1, -0.05) is 30.3 Å². The molecule has 0 aromatic heterocycles. The molecule has 2 saturated heterocycles. The molecule has 0 unspecified atom stereocenters. The molecule has 4 nitrogen and oxygen atoms in total. The molecule has 0 bridgehead atoms. The van der Waals surface area contributed by atoms with Crippen LogP contribution in [-0.2, 0) is 16.0 Å². The predicted molar refractivity (Wildman–Crippen MR) is 76.0 cm³/mol. The fourth-order valence-corrected chi connectivity index (χ4v) is 2.86. The van der Waals surface area contributed by atoms with E-state index >= 15 is 0 Å². The normalized spacial score (nSPS) is 22.0. The summed E-state index contributed by atoms with van der Waals surface area (Å²) in [4.78, 5) is 27.9. The minimum absolute atomic E-state index is 0.112. The van der Waals surface area contributed by atoms with Crippen LogP contribution in [0, 0.1) is 5.92 Å². The van der Waals surface area contributed by atoms with Gasteiger partial charge in [-0.2, -0.15) is 0 Å². The van der Waals surface area contributed by atoms with E-state index in [1.165, 1.54) is 5.56 Å². The first kappa shape index (κ1) is 13.2. The Morgan fingerprint density at radius 3 is 2.60 bits per heavy atom. The molecule has 20 heavy (non-hydrogen) atoms. The lowest BCUT2D eigenvalue weighted by molar-refractivity contribution is -0.139. The van der Waals surface area contributed by atoms with Gasteiger partial charge in [-0.3, -0.25) is 9.59 Å². The summed E-state index contributed by atoms with van der Waals surface area (Å²) in [7, 11) is 0. The Labute approximate surface area is 119 Å². The van der Waals surface area contributed by atoms with Crippen LogP contribution in [0.5, 0.6) is 0 Å². The van der Waals surface area contributed by atoms with E-state index in [1.54, 1.807) is 0 Å². The summed E-state index contributed by atoms with van der Waals surface area (Å²) in [5.74, 6) is 0.185. The van der Waals surface area contributed by atoms with Crippen molar-refractivity contribution in [1.29, 1.82) is 0 Å². The second-order valence-corrected chi connectivity index (χ2v) is 5.66. The molecule has 4 heteroatoms. The van der Waals surface area contributed by atoms with Crippen LogP contribution in [0.2, 0.25) is 0 Å². The number of benzene rings is 1. The largest absolute Gasteiger partial charge is 0.342 e. The highest BCUT2D eigenvalue weighted by atomic mass is 16.2. The van der Waals surface area contributed by atoms with Crippen molar-refractivity contribution in [2.75, 3.05) is 26.2 Å². The number of rotatable bonds is 4. The maximum Gasteiger partial charge on any atom is 0.227 e. The SMILES string of the molecule is O=C1C[C@@H](C(=O)N2CCC2)CN1CCc1ccccc1. The first-order valence-electron chi connectivity index (χ1n) is 7.34. The van der Waals surface area contributed by atoms with Gasteiger partial charge in [-0.25, -0.2) is 0 Å². The van der Waals surface area contributed by atoms with Crippen molar-refractivity contribution in [3.8, 4) is 0 Å². The average molecular weight is 272 g/mol. The van der Waals surface area contributed by atoms with Crippen LogP contribution in [0.1, 0.15) is 18.4 Å². The van der Waals surface area contributed by atoms with E-state index in [0.29, 0.717) is 19.5 Å². The molecule has 3 rings (SSSR count). The molecular formula is C16H20N2O2. The molecule has 1 atom stereocenters. The molecule has 0 aliphatic carbocycles. The summed E-state index contributed by atoms with van der Waals surface area (Å²) >= 11 is 0. The van der Waals surface area contributed by atoms with Gasteiger partial charge >= 0.3 is 0 Å². The number of carbonyl (C=O) groups excluding carboxylic acids is 2. The molecular weight excluding hydrogens is 252 g/mol. The van der Waals surface area contributed by atoms with Crippen LogP contribution in [0.25, 0.3) is 0 Å². The van der Waals surface area contributed by atoms with Gasteiger partial charge in [0.2, 0.25) is 11.8 Å². The zero-order chi connectivity index (χ0) is 13.9. The van der Waals surface area contributed by atoms with E-state index in [1.807, 2.05) is 28.0 Å². The van der Waals surface area contributed by atoms with Crippen LogP contribution >= 0.6 is 0 Å². The standard InChI is InChI=1S/C16H20N2O2/c19-15-11-14(16(20)17-8-4-9-17)12-18(15)10-7-13-5-2-1-3-6-13/h1-3,5-6,14H,4,7-12H2/t14-/m1/s1. The van der Waals surface area contributed by atoms with Gasteiger partial charge in [-0.05, 0) is 18.4 Å². The third kappa shape index (κ3) is 2.69. The third-order valence-corrected chi connectivity index (χ3v) is 4.24. The smallest absolute Gasteiger partial charge is 0.227 e. The van der Waals surface area contributed by atoms with Crippen molar-refractivity contribution in [3.63, 3.8) is 0 Å². The van der Waals surface area contributed by atoms with Crippen molar-refractivity contribution >= 4 is 11.8 Å². The lowest BCUT2D eigenvalue weighted by Gasteiger charge is -2.32. The summed E-state index contributed by atoms with van der Waals surface area (Å²) < 4.78 is 0. The summed E-state index contributed by atoms with van der Waals surface area (Å²) in [5, 5.41) is 0. The van der Waals surface area contributed by atoms with E-state index < -0.39 is 0 Å². The fraction of sp³-hybridized carbons (Fsp3) is 0.500. The lowest BCUT2D eigenvalue weighted by Crippen LogP contribution is -2.45. The lowest BCUT2D eigenvalue weighted by atomic mass is 10.0. The number of nitrogens with zero attached hydrogens (tertiary/aromatic N) is 2. The second kappa shape index (κ2) is 5.65. The molecule has 0 N–H and O–H groups in total. The van der Waals surface area contributed by atoms with Crippen LogP contribution in [0.3, 0.4) is 0 Å². The number of hydrogen-bond acceptors (Lipinski definition) is 2. The van der Waals surface area contributed by atoms with E-state index in [9.17, 15) is 9.59 Å². The Balaban J connectivity index is 1.53. The minimum Gasteiger partial charge on any atom is -0.342 e. The fourth-order valence-electron chi connectivity index (χ4n) is 2.86. The van der Waals surface area contributed by atoms with Gasteiger partial charge in [0.05, 0.1) is 5.92 Å². The molecule has 2 fully saturated rings. The monoisotopic (exact) mass is 272 g/mol. The van der Waals surface area contributed by atoms with Gasteiger partial charge in [0.1, 0.15) is 0 Å². The molecule has 2 heterocycles. The molecule has 2 aliphatic rings. The summed E-state index contributed by atoms with van der Waals surface area (Å²) in [6.07, 6.45) is 2.35. The predicted octanol–water partition coefficient (Wildman–Crippen LogP) is 1.31. The summed E-state index contributed by atoms with van der Waals surface area (Å²) in [6.45, 7) is 3.05. The Hall–Kier alpha value is -1.84. The number of carbonyl (C=O) groups is 2. The van der Waals surface area contributed by atoms with Crippen LogP contribution in [0.15, 0.2) is 30.3 Å². The van der Waals surface area contributed by atoms with Crippen molar-refractivity contribution in [2.24, 2.45) is 5.92 Å².